The van der Waals surface area contributed by atoms with E-state index in [2.05, 4.69) is 135 Å². The molecule has 5 fully saturated rings. The third kappa shape index (κ3) is 8.01. The fourth-order valence-corrected chi connectivity index (χ4v) is 14.3. The Morgan fingerprint density at radius 3 is 1.89 bits per heavy atom. The maximum atomic E-state index is 12.9. The Bertz CT molecular complexity index is 1360. The number of rotatable bonds is 9. The molecule has 1 aliphatic heterocycles. The van der Waals surface area contributed by atoms with E-state index in [-0.39, 0.29) is 75.1 Å². The summed E-state index contributed by atoms with van der Waals surface area (Å²) in [5.74, 6) is 1.85. The number of allylic oxidation sites excluding steroid dienone is 2. The molecule has 4 saturated carbocycles. The van der Waals surface area contributed by atoms with Crippen LogP contribution in [0.25, 0.3) is 0 Å². The van der Waals surface area contributed by atoms with Gasteiger partial charge in [-0.2, -0.15) is 0 Å². The van der Waals surface area contributed by atoms with Gasteiger partial charge in [0.05, 0.1) is 12.2 Å². The molecule has 4 aliphatic carbocycles. The Labute approximate surface area is 328 Å². The molecule has 5 aliphatic rings. The SMILES string of the molecule is CC(=O)O[C@H]1C[C@H]2[C@@H]3[C@H]4OC(C)(C)O[C@@H]4[C@H]4C[C@@H](O[Si](C)(C)C(C)(C)C)CC[C@]4(C)[C@H]3[C@@H](O[Si](C)(C)C(C)(C)C)C[C@]2(C)[C@H]1[C@H](C)/C=C/[C@H](C)C(C)C. The first-order valence-electron chi connectivity index (χ1n) is 21.5. The summed E-state index contributed by atoms with van der Waals surface area (Å²) in [4.78, 5) is 12.9. The summed E-state index contributed by atoms with van der Waals surface area (Å²) in [6, 6.07) is 0. The standard InChI is InChI=1S/C45H82O6Si2/c1-27(2)28(3)20-21-29(4)37-34(47-30(5)46)25-32-36-38(35(26-45(32,37)15)51-53(18,19)42(9,10)11)44(14)23-22-31(50-52(16,17)41(6,7)8)24-33(44)39-40(36)49-43(12,13)48-39/h20-21,27-29,31-40H,22-26H2,1-19H3/b21-20+/t28-,29+,31-,32-,33+,34-,35-,36-,37-,38-,39+,40+,44-,45-/m0/s1. The molecule has 5 rings (SSSR count). The van der Waals surface area contributed by atoms with E-state index in [1.54, 1.807) is 6.92 Å². The van der Waals surface area contributed by atoms with Crippen LogP contribution >= 0.6 is 0 Å². The van der Waals surface area contributed by atoms with Crippen molar-refractivity contribution in [1.82, 2.24) is 0 Å². The van der Waals surface area contributed by atoms with E-state index in [0.29, 0.717) is 29.6 Å². The average Bonchev–Trinajstić information content (AvgIpc) is 3.45. The molecule has 0 radical (unpaired) electrons. The molecule has 0 unspecified atom stereocenters. The fraction of sp³-hybridized carbons (Fsp3) is 0.933. The minimum absolute atomic E-state index is 0.00446. The quantitative estimate of drug-likeness (QED) is 0.132. The van der Waals surface area contributed by atoms with Crippen LogP contribution in [0.3, 0.4) is 0 Å². The zero-order valence-electron chi connectivity index (χ0n) is 37.6. The molecule has 0 aromatic rings. The Morgan fingerprint density at radius 2 is 1.34 bits per heavy atom. The van der Waals surface area contributed by atoms with E-state index >= 15 is 0 Å². The summed E-state index contributed by atoms with van der Waals surface area (Å²) in [6.07, 6.45) is 10.0. The van der Waals surface area contributed by atoms with Crippen LogP contribution < -0.4 is 0 Å². The highest BCUT2D eigenvalue weighted by Gasteiger charge is 2.73. The predicted molar refractivity (Wildman–Crippen MR) is 223 cm³/mol. The van der Waals surface area contributed by atoms with Gasteiger partial charge >= 0.3 is 5.97 Å². The Morgan fingerprint density at radius 1 is 0.774 bits per heavy atom. The van der Waals surface area contributed by atoms with Crippen LogP contribution in [0.4, 0.5) is 0 Å². The van der Waals surface area contributed by atoms with Crippen molar-refractivity contribution >= 4 is 22.6 Å². The molecule has 14 atom stereocenters. The van der Waals surface area contributed by atoms with Gasteiger partial charge < -0.3 is 23.1 Å². The summed E-state index contributed by atoms with van der Waals surface area (Å²) >= 11 is 0. The number of carbonyl (C=O) groups excluding carboxylic acids is 1. The highest BCUT2D eigenvalue weighted by Crippen LogP contribution is 2.71. The lowest BCUT2D eigenvalue weighted by molar-refractivity contribution is -0.221. The number of carbonyl (C=O) groups is 1. The zero-order valence-corrected chi connectivity index (χ0v) is 39.6. The third-order valence-electron chi connectivity index (χ3n) is 16.7. The predicted octanol–water partition coefficient (Wildman–Crippen LogP) is 11.8. The van der Waals surface area contributed by atoms with Gasteiger partial charge in [-0.15, -0.1) is 0 Å². The largest absolute Gasteiger partial charge is 0.462 e. The number of hydrogen-bond donors (Lipinski definition) is 0. The molecular weight excluding hydrogens is 693 g/mol. The number of hydrogen-bond acceptors (Lipinski definition) is 6. The van der Waals surface area contributed by atoms with Crippen LogP contribution in [0.1, 0.15) is 136 Å². The first-order chi connectivity index (χ1) is 24.0. The molecule has 0 spiro atoms. The van der Waals surface area contributed by atoms with E-state index in [1.807, 2.05) is 0 Å². The van der Waals surface area contributed by atoms with Gasteiger partial charge in [-0.1, -0.05) is 95.2 Å². The van der Waals surface area contributed by atoms with Crippen LogP contribution in [-0.4, -0.2) is 58.9 Å². The van der Waals surface area contributed by atoms with Crippen molar-refractivity contribution in [3.8, 4) is 0 Å². The lowest BCUT2D eigenvalue weighted by Crippen LogP contribution is -2.68. The van der Waals surface area contributed by atoms with Gasteiger partial charge in [-0.05, 0) is 134 Å². The monoisotopic (exact) mass is 775 g/mol. The number of ether oxygens (including phenoxy) is 3. The third-order valence-corrected chi connectivity index (χ3v) is 25.7. The van der Waals surface area contributed by atoms with Gasteiger partial charge in [0.2, 0.25) is 0 Å². The van der Waals surface area contributed by atoms with Crippen molar-refractivity contribution in [2.75, 3.05) is 0 Å². The zero-order chi connectivity index (χ0) is 40.1. The first-order valence-corrected chi connectivity index (χ1v) is 27.3. The van der Waals surface area contributed by atoms with Gasteiger partial charge in [0, 0.05) is 25.0 Å². The summed E-state index contributed by atoms with van der Waals surface area (Å²) in [5.41, 5.74) is -0.101. The van der Waals surface area contributed by atoms with E-state index in [1.165, 1.54) is 0 Å². The minimum Gasteiger partial charge on any atom is -0.462 e. The van der Waals surface area contributed by atoms with Crippen LogP contribution in [0.15, 0.2) is 12.2 Å². The molecule has 0 aromatic heterocycles. The van der Waals surface area contributed by atoms with Crippen molar-refractivity contribution in [1.29, 1.82) is 0 Å². The maximum Gasteiger partial charge on any atom is 0.302 e. The summed E-state index contributed by atoms with van der Waals surface area (Å²) < 4.78 is 35.8. The second-order valence-corrected chi connectivity index (χ2v) is 32.6. The average molecular weight is 775 g/mol. The van der Waals surface area contributed by atoms with Crippen molar-refractivity contribution in [3.05, 3.63) is 12.2 Å². The second-order valence-electron chi connectivity index (χ2n) is 23.0. The first kappa shape index (κ1) is 43.6. The van der Waals surface area contributed by atoms with Gasteiger partial charge in [0.25, 0.3) is 0 Å². The lowest BCUT2D eigenvalue weighted by Gasteiger charge is -2.66. The van der Waals surface area contributed by atoms with Crippen molar-refractivity contribution in [2.45, 2.75) is 209 Å². The minimum atomic E-state index is -2.19. The van der Waals surface area contributed by atoms with E-state index in [4.69, 9.17) is 23.1 Å². The molecule has 0 N–H and O–H groups in total. The molecule has 306 valence electrons. The molecule has 6 nitrogen and oxygen atoms in total. The molecule has 0 bridgehead atoms. The van der Waals surface area contributed by atoms with Gasteiger partial charge in [-0.3, -0.25) is 4.79 Å². The maximum absolute atomic E-state index is 12.9. The van der Waals surface area contributed by atoms with Crippen molar-refractivity contribution < 1.29 is 27.9 Å². The Hall–Kier alpha value is -0.516. The second kappa shape index (κ2) is 14.4. The number of fused-ring (bicyclic) bond motifs is 8. The summed E-state index contributed by atoms with van der Waals surface area (Å²) in [7, 11) is -4.15. The molecule has 0 amide bonds. The van der Waals surface area contributed by atoms with E-state index in [9.17, 15) is 4.79 Å². The van der Waals surface area contributed by atoms with Crippen molar-refractivity contribution in [2.24, 2.45) is 58.2 Å². The number of esters is 1. The molecule has 0 aromatic carbocycles. The smallest absolute Gasteiger partial charge is 0.302 e. The van der Waals surface area contributed by atoms with Crippen LogP contribution in [0, 0.1) is 58.2 Å². The van der Waals surface area contributed by atoms with Gasteiger partial charge in [0.15, 0.2) is 22.4 Å². The molecule has 1 saturated heterocycles. The lowest BCUT2D eigenvalue weighted by atomic mass is 9.42. The van der Waals surface area contributed by atoms with E-state index in [0.717, 1.165) is 32.1 Å². The van der Waals surface area contributed by atoms with Crippen LogP contribution in [-0.2, 0) is 27.9 Å². The fourth-order valence-electron chi connectivity index (χ4n) is 11.6. The molecule has 8 heteroatoms. The summed E-state index contributed by atoms with van der Waals surface area (Å²) in [6.45, 7) is 44.1. The topological polar surface area (TPSA) is 63.2 Å². The van der Waals surface area contributed by atoms with Crippen LogP contribution in [0.2, 0.25) is 36.3 Å². The van der Waals surface area contributed by atoms with Gasteiger partial charge in [0.1, 0.15) is 6.10 Å². The highest BCUT2D eigenvalue weighted by atomic mass is 28.4. The highest BCUT2D eigenvalue weighted by molar-refractivity contribution is 6.74. The molecule has 1 heterocycles. The van der Waals surface area contributed by atoms with E-state index < -0.39 is 22.4 Å². The van der Waals surface area contributed by atoms with Crippen LogP contribution in [0.5, 0.6) is 0 Å². The van der Waals surface area contributed by atoms with Crippen molar-refractivity contribution in [3.63, 3.8) is 0 Å². The summed E-state index contributed by atoms with van der Waals surface area (Å²) in [5, 5.41) is 0.245. The Balaban J connectivity index is 1.65. The molecular formula is C45H82O6Si2. The van der Waals surface area contributed by atoms with Gasteiger partial charge in [-0.25, -0.2) is 0 Å². The molecule has 53 heavy (non-hydrogen) atoms. The normalized spacial score (nSPS) is 41.4. The Kier molecular flexibility index (Phi) is 11.8.